The third-order valence-corrected chi connectivity index (χ3v) is 3.41. The molecular formula is C12H9F3OS. The molecule has 1 heterocycles. The number of hydrogen-bond donors (Lipinski definition) is 1. The van der Waals surface area contributed by atoms with Gasteiger partial charge in [-0.25, -0.2) is 13.2 Å². The van der Waals surface area contributed by atoms with E-state index in [1.165, 1.54) is 11.3 Å². The molecular weight excluding hydrogens is 249 g/mol. The molecule has 0 aliphatic carbocycles. The summed E-state index contributed by atoms with van der Waals surface area (Å²) in [4.78, 5) is 0.807. The molecule has 0 saturated carbocycles. The number of benzene rings is 1. The minimum atomic E-state index is -1.56. The third-order valence-electron chi connectivity index (χ3n) is 2.55. The zero-order valence-electron chi connectivity index (χ0n) is 8.88. The van der Waals surface area contributed by atoms with Gasteiger partial charge in [0.1, 0.15) is 6.10 Å². The lowest BCUT2D eigenvalue weighted by Crippen LogP contribution is -2.05. The van der Waals surface area contributed by atoms with Crippen LogP contribution in [0.4, 0.5) is 13.2 Å². The molecule has 0 bridgehead atoms. The van der Waals surface area contributed by atoms with Crippen molar-refractivity contribution < 1.29 is 18.3 Å². The second-order valence-corrected chi connectivity index (χ2v) is 4.72. The fourth-order valence-electron chi connectivity index (χ4n) is 1.60. The van der Waals surface area contributed by atoms with Gasteiger partial charge in [0, 0.05) is 10.4 Å². The summed E-state index contributed by atoms with van der Waals surface area (Å²) in [6.45, 7) is 1.76. The van der Waals surface area contributed by atoms with E-state index in [-0.39, 0.29) is 5.56 Å². The summed E-state index contributed by atoms with van der Waals surface area (Å²) in [5.41, 5.74) is 0.241. The number of aliphatic hydroxyl groups excluding tert-OH is 1. The highest BCUT2D eigenvalue weighted by molar-refractivity contribution is 7.10. The first-order chi connectivity index (χ1) is 8.02. The van der Waals surface area contributed by atoms with Crippen molar-refractivity contribution in [3.05, 3.63) is 57.0 Å². The van der Waals surface area contributed by atoms with Gasteiger partial charge in [-0.3, -0.25) is 0 Å². The van der Waals surface area contributed by atoms with Crippen LogP contribution in [0.3, 0.4) is 0 Å². The number of thiophene rings is 1. The normalized spacial score (nSPS) is 12.8. The molecule has 0 radical (unpaired) electrons. The van der Waals surface area contributed by atoms with Gasteiger partial charge in [0.05, 0.1) is 0 Å². The van der Waals surface area contributed by atoms with E-state index in [2.05, 4.69) is 0 Å². The van der Waals surface area contributed by atoms with Crippen molar-refractivity contribution in [3.8, 4) is 0 Å². The van der Waals surface area contributed by atoms with E-state index in [0.29, 0.717) is 5.56 Å². The van der Waals surface area contributed by atoms with Crippen LogP contribution in [0.2, 0.25) is 0 Å². The largest absolute Gasteiger partial charge is 0.384 e. The Labute approximate surface area is 100 Å². The molecule has 0 aliphatic rings. The SMILES string of the molecule is Cc1sccc1C(O)c1ccc(F)c(F)c1F. The van der Waals surface area contributed by atoms with Crippen molar-refractivity contribution in [2.45, 2.75) is 13.0 Å². The van der Waals surface area contributed by atoms with Gasteiger partial charge in [0.25, 0.3) is 0 Å². The van der Waals surface area contributed by atoms with E-state index < -0.39 is 23.6 Å². The van der Waals surface area contributed by atoms with Gasteiger partial charge >= 0.3 is 0 Å². The predicted octanol–water partition coefficient (Wildman–Crippen LogP) is 3.56. The lowest BCUT2D eigenvalue weighted by molar-refractivity contribution is 0.212. The summed E-state index contributed by atoms with van der Waals surface area (Å²) in [7, 11) is 0. The lowest BCUT2D eigenvalue weighted by atomic mass is 10.0. The van der Waals surface area contributed by atoms with E-state index in [1.54, 1.807) is 18.4 Å². The third kappa shape index (κ3) is 2.08. The van der Waals surface area contributed by atoms with Crippen LogP contribution in [0.5, 0.6) is 0 Å². The molecule has 2 rings (SSSR count). The molecule has 0 spiro atoms. The number of rotatable bonds is 2. The Hall–Kier alpha value is -1.33. The maximum atomic E-state index is 13.5. The van der Waals surface area contributed by atoms with Crippen molar-refractivity contribution in [2.24, 2.45) is 0 Å². The average Bonchev–Trinajstić information content (AvgIpc) is 2.72. The van der Waals surface area contributed by atoms with Gasteiger partial charge in [0.15, 0.2) is 17.5 Å². The Morgan fingerprint density at radius 3 is 2.35 bits per heavy atom. The van der Waals surface area contributed by atoms with Gasteiger partial charge in [-0.05, 0) is 30.0 Å². The molecule has 1 unspecified atom stereocenters. The summed E-state index contributed by atoms with van der Waals surface area (Å²) < 4.78 is 39.3. The van der Waals surface area contributed by atoms with Crippen LogP contribution in [0.15, 0.2) is 23.6 Å². The summed E-state index contributed by atoms with van der Waals surface area (Å²) in [6.07, 6.45) is -1.28. The molecule has 1 aromatic carbocycles. The highest BCUT2D eigenvalue weighted by Gasteiger charge is 2.21. The minimum absolute atomic E-state index is 0.259. The van der Waals surface area contributed by atoms with Crippen LogP contribution < -0.4 is 0 Å². The number of halogens is 3. The van der Waals surface area contributed by atoms with E-state index in [1.807, 2.05) is 0 Å². The van der Waals surface area contributed by atoms with E-state index in [9.17, 15) is 18.3 Å². The Balaban J connectivity index is 2.48. The molecule has 90 valence electrons. The maximum absolute atomic E-state index is 13.5. The molecule has 0 amide bonds. The summed E-state index contributed by atoms with van der Waals surface area (Å²) in [5, 5.41) is 11.7. The van der Waals surface area contributed by atoms with Crippen molar-refractivity contribution in [1.29, 1.82) is 0 Å². The van der Waals surface area contributed by atoms with E-state index in [4.69, 9.17) is 0 Å². The van der Waals surface area contributed by atoms with Crippen LogP contribution in [-0.2, 0) is 0 Å². The molecule has 2 aromatic rings. The highest BCUT2D eigenvalue weighted by Crippen LogP contribution is 2.30. The highest BCUT2D eigenvalue weighted by atomic mass is 32.1. The molecule has 5 heteroatoms. The van der Waals surface area contributed by atoms with Crippen molar-refractivity contribution >= 4 is 11.3 Å². The molecule has 0 fully saturated rings. The maximum Gasteiger partial charge on any atom is 0.194 e. The first-order valence-corrected chi connectivity index (χ1v) is 5.75. The van der Waals surface area contributed by atoms with E-state index in [0.717, 1.165) is 17.0 Å². The smallest absolute Gasteiger partial charge is 0.194 e. The van der Waals surface area contributed by atoms with Gasteiger partial charge in [-0.2, -0.15) is 0 Å². The van der Waals surface area contributed by atoms with Crippen LogP contribution in [-0.4, -0.2) is 5.11 Å². The van der Waals surface area contributed by atoms with Crippen molar-refractivity contribution in [3.63, 3.8) is 0 Å². The Morgan fingerprint density at radius 1 is 1.06 bits per heavy atom. The number of aliphatic hydroxyl groups is 1. The summed E-state index contributed by atoms with van der Waals surface area (Å²) in [6, 6.07) is 3.49. The van der Waals surface area contributed by atoms with Gasteiger partial charge in [-0.15, -0.1) is 11.3 Å². The van der Waals surface area contributed by atoms with E-state index >= 15 is 0 Å². The van der Waals surface area contributed by atoms with Crippen LogP contribution in [0, 0.1) is 24.4 Å². The van der Waals surface area contributed by atoms with Gasteiger partial charge in [0.2, 0.25) is 0 Å². The average molecular weight is 258 g/mol. The monoisotopic (exact) mass is 258 g/mol. The molecule has 0 aliphatic heterocycles. The topological polar surface area (TPSA) is 20.2 Å². The van der Waals surface area contributed by atoms with Crippen LogP contribution >= 0.6 is 11.3 Å². The minimum Gasteiger partial charge on any atom is -0.384 e. The Kier molecular flexibility index (Phi) is 3.22. The zero-order chi connectivity index (χ0) is 12.6. The molecule has 1 aromatic heterocycles. The molecule has 17 heavy (non-hydrogen) atoms. The molecule has 1 atom stereocenters. The van der Waals surface area contributed by atoms with Gasteiger partial charge in [-0.1, -0.05) is 6.07 Å². The fraction of sp³-hybridized carbons (Fsp3) is 0.167. The Morgan fingerprint density at radius 2 is 1.76 bits per heavy atom. The van der Waals surface area contributed by atoms with Crippen LogP contribution in [0.1, 0.15) is 22.1 Å². The Bertz CT molecular complexity index is 551. The number of hydrogen-bond acceptors (Lipinski definition) is 2. The predicted molar refractivity (Wildman–Crippen MR) is 59.4 cm³/mol. The number of aryl methyl sites for hydroxylation is 1. The van der Waals surface area contributed by atoms with Crippen LogP contribution in [0.25, 0.3) is 0 Å². The van der Waals surface area contributed by atoms with Crippen molar-refractivity contribution in [2.75, 3.05) is 0 Å². The first kappa shape index (κ1) is 12.1. The molecule has 0 saturated heterocycles. The lowest BCUT2D eigenvalue weighted by Gasteiger charge is -2.12. The molecule has 1 nitrogen and oxygen atoms in total. The standard InChI is InChI=1S/C12H9F3OS/c1-6-7(4-5-17-6)12(16)8-2-3-9(13)11(15)10(8)14/h2-5,12,16H,1H3. The fourth-order valence-corrected chi connectivity index (χ4v) is 2.33. The molecule has 1 N–H and O–H groups in total. The summed E-state index contributed by atoms with van der Waals surface area (Å²) in [5.74, 6) is -4.17. The van der Waals surface area contributed by atoms with Crippen molar-refractivity contribution in [1.82, 2.24) is 0 Å². The summed E-state index contributed by atoms with van der Waals surface area (Å²) >= 11 is 1.39. The second-order valence-electron chi connectivity index (χ2n) is 3.60. The second kappa shape index (κ2) is 4.50. The first-order valence-electron chi connectivity index (χ1n) is 4.88. The van der Waals surface area contributed by atoms with Gasteiger partial charge < -0.3 is 5.11 Å². The quantitative estimate of drug-likeness (QED) is 0.817. The zero-order valence-corrected chi connectivity index (χ0v) is 9.69.